The van der Waals surface area contributed by atoms with Gasteiger partial charge in [-0.25, -0.2) is 4.79 Å². The lowest BCUT2D eigenvalue weighted by molar-refractivity contribution is -0.132. The van der Waals surface area contributed by atoms with Gasteiger partial charge in [0.2, 0.25) is 0 Å². The number of benzene rings is 2. The molecule has 0 aliphatic heterocycles. The van der Waals surface area contributed by atoms with Gasteiger partial charge in [0, 0.05) is 6.42 Å². The molecular weight excluding hydrogens is 268 g/mol. The lowest BCUT2D eigenvalue weighted by atomic mass is 10.1. The molecule has 2 aromatic carbocycles. The van der Waals surface area contributed by atoms with Gasteiger partial charge in [-0.15, -0.1) is 0 Å². The van der Waals surface area contributed by atoms with Crippen LogP contribution in [-0.2, 0) is 17.8 Å². The molecule has 0 aromatic heterocycles. The van der Waals surface area contributed by atoms with Gasteiger partial charge in [0.05, 0.1) is 11.8 Å². The van der Waals surface area contributed by atoms with Crippen LogP contribution in [0.15, 0.2) is 66.4 Å². The maximum Gasteiger partial charge on any atom is 0.335 e. The Bertz CT molecular complexity index is 632. The zero-order valence-corrected chi connectivity index (χ0v) is 11.4. The summed E-state index contributed by atoms with van der Waals surface area (Å²) in [6.45, 7) is 0.406. The zero-order chi connectivity index (χ0) is 15.1. The summed E-state index contributed by atoms with van der Waals surface area (Å²) in [7, 11) is 0. The van der Waals surface area contributed by atoms with Crippen molar-refractivity contribution in [1.82, 2.24) is 0 Å². The van der Waals surface area contributed by atoms with Crippen LogP contribution < -0.4 is 4.74 Å². The quantitative estimate of drug-likeness (QED) is 0.630. The van der Waals surface area contributed by atoms with E-state index in [1.54, 1.807) is 12.1 Å². The number of aliphatic carboxylic acids is 1. The van der Waals surface area contributed by atoms with Crippen molar-refractivity contribution in [3.8, 4) is 5.75 Å². The van der Waals surface area contributed by atoms with Crippen molar-refractivity contribution in [2.45, 2.75) is 13.0 Å². The van der Waals surface area contributed by atoms with Gasteiger partial charge in [-0.05, 0) is 17.2 Å². The number of aliphatic hydroxyl groups excluding tert-OH is 1. The Morgan fingerprint density at radius 2 is 1.71 bits per heavy atom. The molecule has 0 fully saturated rings. The normalized spacial score (nSPS) is 11.1. The number of carboxylic acid groups (broad SMARTS) is 1. The maximum absolute atomic E-state index is 11.0. The van der Waals surface area contributed by atoms with Crippen LogP contribution in [0.4, 0.5) is 0 Å². The van der Waals surface area contributed by atoms with E-state index in [9.17, 15) is 4.79 Å². The van der Waals surface area contributed by atoms with Crippen LogP contribution >= 0.6 is 0 Å². The highest BCUT2D eigenvalue weighted by Crippen LogP contribution is 2.22. The fourth-order valence-electron chi connectivity index (χ4n) is 1.91. The number of hydrogen-bond donors (Lipinski definition) is 2. The average Bonchev–Trinajstić information content (AvgIpc) is 2.52. The van der Waals surface area contributed by atoms with Crippen LogP contribution in [-0.4, -0.2) is 16.2 Å². The van der Waals surface area contributed by atoms with Gasteiger partial charge in [-0.2, -0.15) is 0 Å². The van der Waals surface area contributed by atoms with Crippen molar-refractivity contribution >= 4 is 5.97 Å². The topological polar surface area (TPSA) is 66.8 Å². The number of rotatable bonds is 6. The minimum absolute atomic E-state index is 0.0780. The molecule has 0 atom stereocenters. The molecule has 4 nitrogen and oxygen atoms in total. The lowest BCUT2D eigenvalue weighted by Gasteiger charge is -2.11. The number of ether oxygens (including phenoxy) is 1. The van der Waals surface area contributed by atoms with Gasteiger partial charge in [0.1, 0.15) is 12.4 Å². The van der Waals surface area contributed by atoms with E-state index < -0.39 is 5.97 Å². The van der Waals surface area contributed by atoms with Crippen LogP contribution in [0.1, 0.15) is 11.1 Å². The van der Waals surface area contributed by atoms with Gasteiger partial charge in [0.25, 0.3) is 0 Å². The minimum atomic E-state index is -1.14. The van der Waals surface area contributed by atoms with Crippen molar-refractivity contribution in [3.05, 3.63) is 77.6 Å². The molecule has 2 aromatic rings. The molecule has 0 spiro atoms. The van der Waals surface area contributed by atoms with Crippen LogP contribution in [0, 0.1) is 0 Å². The maximum atomic E-state index is 11.0. The first kappa shape index (κ1) is 14.7. The number of hydrogen-bond acceptors (Lipinski definition) is 3. The number of aliphatic hydroxyl groups is 1. The van der Waals surface area contributed by atoms with Crippen molar-refractivity contribution in [1.29, 1.82) is 0 Å². The molecule has 108 valence electrons. The van der Waals surface area contributed by atoms with E-state index in [-0.39, 0.29) is 12.0 Å². The van der Waals surface area contributed by atoms with Crippen LogP contribution in [0.2, 0.25) is 0 Å². The Morgan fingerprint density at radius 3 is 2.38 bits per heavy atom. The first-order valence-electron chi connectivity index (χ1n) is 6.52. The summed E-state index contributed by atoms with van der Waals surface area (Å²) >= 11 is 0. The van der Waals surface area contributed by atoms with Crippen molar-refractivity contribution < 1.29 is 19.7 Å². The molecule has 0 unspecified atom stereocenters. The van der Waals surface area contributed by atoms with Gasteiger partial charge in [-0.1, -0.05) is 48.5 Å². The fraction of sp³-hybridized carbons (Fsp3) is 0.118. The SMILES string of the molecule is O=C(O)C(=CO)Cc1ccccc1OCc1ccccc1. The van der Waals surface area contributed by atoms with Crippen LogP contribution in [0.25, 0.3) is 0 Å². The molecular formula is C17H16O4. The molecule has 0 aliphatic rings. The van der Waals surface area contributed by atoms with Crippen LogP contribution in [0.5, 0.6) is 5.75 Å². The summed E-state index contributed by atoms with van der Waals surface area (Å²) in [4.78, 5) is 11.0. The molecule has 0 heterocycles. The highest BCUT2D eigenvalue weighted by atomic mass is 16.5. The van der Waals surface area contributed by atoms with Crippen molar-refractivity contribution in [3.63, 3.8) is 0 Å². The fourth-order valence-corrected chi connectivity index (χ4v) is 1.91. The predicted molar refractivity (Wildman–Crippen MR) is 79.3 cm³/mol. The molecule has 21 heavy (non-hydrogen) atoms. The van der Waals surface area contributed by atoms with E-state index >= 15 is 0 Å². The van der Waals surface area contributed by atoms with Crippen molar-refractivity contribution in [2.24, 2.45) is 0 Å². The highest BCUT2D eigenvalue weighted by molar-refractivity contribution is 5.86. The third kappa shape index (κ3) is 4.11. The molecule has 2 N–H and O–H groups in total. The zero-order valence-electron chi connectivity index (χ0n) is 11.4. The molecule has 2 rings (SSSR count). The van der Waals surface area contributed by atoms with E-state index in [0.29, 0.717) is 18.6 Å². The second kappa shape index (κ2) is 7.14. The van der Waals surface area contributed by atoms with Gasteiger partial charge in [-0.3, -0.25) is 0 Å². The average molecular weight is 284 g/mol. The van der Waals surface area contributed by atoms with Crippen molar-refractivity contribution in [2.75, 3.05) is 0 Å². The third-order valence-electron chi connectivity index (χ3n) is 3.02. The van der Waals surface area contributed by atoms with Crippen LogP contribution in [0.3, 0.4) is 0 Å². The Balaban J connectivity index is 2.12. The monoisotopic (exact) mass is 284 g/mol. The first-order chi connectivity index (χ1) is 10.2. The van der Waals surface area contributed by atoms with Gasteiger partial charge >= 0.3 is 5.97 Å². The van der Waals surface area contributed by atoms with Gasteiger partial charge < -0.3 is 14.9 Å². The van der Waals surface area contributed by atoms with Gasteiger partial charge in [0.15, 0.2) is 0 Å². The molecule has 0 aliphatic carbocycles. The van der Waals surface area contributed by atoms with E-state index in [2.05, 4.69) is 0 Å². The smallest absolute Gasteiger partial charge is 0.335 e. The van der Waals surface area contributed by atoms with E-state index in [1.807, 2.05) is 42.5 Å². The van der Waals surface area contributed by atoms with E-state index in [1.165, 1.54) is 0 Å². The number of carbonyl (C=O) groups is 1. The summed E-state index contributed by atoms with van der Waals surface area (Å²) in [5, 5.41) is 17.9. The number of para-hydroxylation sites is 1. The van der Waals surface area contributed by atoms with E-state index in [0.717, 1.165) is 11.1 Å². The summed E-state index contributed by atoms with van der Waals surface area (Å²) in [5.74, 6) is -0.530. The second-order valence-corrected chi connectivity index (χ2v) is 4.52. The Kier molecular flexibility index (Phi) is 4.99. The molecule has 0 bridgehead atoms. The van der Waals surface area contributed by atoms with E-state index in [4.69, 9.17) is 14.9 Å². The molecule has 0 saturated heterocycles. The predicted octanol–water partition coefficient (Wildman–Crippen LogP) is 3.33. The molecule has 0 amide bonds. The standard InChI is InChI=1S/C17H16O4/c18-11-15(17(19)20)10-14-8-4-5-9-16(14)21-12-13-6-2-1-3-7-13/h1-9,11,18H,10,12H2,(H,19,20). The molecule has 0 radical (unpaired) electrons. The highest BCUT2D eigenvalue weighted by Gasteiger charge is 2.12. The minimum Gasteiger partial charge on any atom is -0.515 e. The lowest BCUT2D eigenvalue weighted by Crippen LogP contribution is -2.06. The number of carboxylic acids is 1. The summed E-state index contributed by atoms with van der Waals surface area (Å²) in [5.41, 5.74) is 1.67. The summed E-state index contributed by atoms with van der Waals surface area (Å²) in [6.07, 6.45) is 0.729. The summed E-state index contributed by atoms with van der Waals surface area (Å²) in [6, 6.07) is 16.9. The molecule has 0 saturated carbocycles. The largest absolute Gasteiger partial charge is 0.515 e. The second-order valence-electron chi connectivity index (χ2n) is 4.52. The Labute approximate surface area is 122 Å². The third-order valence-corrected chi connectivity index (χ3v) is 3.02. The summed E-state index contributed by atoms with van der Waals surface area (Å²) < 4.78 is 5.75. The molecule has 4 heteroatoms. The first-order valence-corrected chi connectivity index (χ1v) is 6.52. The Hall–Kier alpha value is -2.75. The Morgan fingerprint density at radius 1 is 1.05 bits per heavy atom.